The van der Waals surface area contributed by atoms with Crippen molar-refractivity contribution in [3.05, 3.63) is 71.6 Å². The Balaban J connectivity index is 1.41. The molecule has 2 aliphatic rings. The summed E-state index contributed by atoms with van der Waals surface area (Å²) in [7, 11) is 2.85. The van der Waals surface area contributed by atoms with Crippen molar-refractivity contribution in [3.63, 3.8) is 0 Å². The van der Waals surface area contributed by atoms with E-state index >= 15 is 0 Å². The molecular weight excluding hydrogens is 418 g/mol. The van der Waals surface area contributed by atoms with Gasteiger partial charge in [0.05, 0.1) is 31.2 Å². The monoisotopic (exact) mass is 440 g/mol. The summed E-state index contributed by atoms with van der Waals surface area (Å²) in [4.78, 5) is 14.7. The Morgan fingerprint density at radius 2 is 1.75 bits per heavy atom. The van der Waals surface area contributed by atoms with E-state index in [1.807, 2.05) is 22.9 Å². The molecule has 1 saturated heterocycles. The van der Waals surface area contributed by atoms with Crippen molar-refractivity contribution in [2.45, 2.75) is 18.4 Å². The number of ether oxygens (including phenoxy) is 3. The van der Waals surface area contributed by atoms with Gasteiger partial charge in [-0.2, -0.15) is 0 Å². The van der Waals surface area contributed by atoms with Gasteiger partial charge in [-0.15, -0.1) is 0 Å². The fourth-order valence-electron chi connectivity index (χ4n) is 4.61. The zero-order valence-corrected chi connectivity index (χ0v) is 17.7. The predicted molar refractivity (Wildman–Crippen MR) is 113 cm³/mol. The Morgan fingerprint density at radius 1 is 1.03 bits per heavy atom. The Morgan fingerprint density at radius 3 is 2.47 bits per heavy atom. The second kappa shape index (κ2) is 7.55. The molecule has 1 fully saturated rings. The number of carbonyl (C=O) groups is 1. The maximum absolute atomic E-state index is 14.6. The third-order valence-electron chi connectivity index (χ3n) is 6.26. The van der Waals surface area contributed by atoms with Gasteiger partial charge in [-0.25, -0.2) is 8.78 Å². The molecule has 0 atom stereocenters. The minimum absolute atomic E-state index is 0.0704. The number of piperidine rings is 1. The zero-order chi connectivity index (χ0) is 22.5. The lowest BCUT2D eigenvalue weighted by Crippen LogP contribution is -2.50. The molecule has 0 N–H and O–H groups in total. The van der Waals surface area contributed by atoms with Crippen LogP contribution in [0.1, 0.15) is 28.9 Å². The van der Waals surface area contributed by atoms with E-state index in [2.05, 4.69) is 0 Å². The van der Waals surface area contributed by atoms with Crippen molar-refractivity contribution in [2.75, 3.05) is 27.3 Å². The molecule has 0 aliphatic carbocycles. The molecule has 6 nitrogen and oxygen atoms in total. The summed E-state index contributed by atoms with van der Waals surface area (Å²) in [6.45, 7) is 0.727. The largest absolute Gasteiger partial charge is 0.493 e. The van der Waals surface area contributed by atoms with Crippen molar-refractivity contribution < 1.29 is 27.8 Å². The highest BCUT2D eigenvalue weighted by Gasteiger charge is 2.45. The molecule has 32 heavy (non-hydrogen) atoms. The molecule has 166 valence electrons. The van der Waals surface area contributed by atoms with Gasteiger partial charge in [0, 0.05) is 44.3 Å². The standard InChI is InChI=1S/C24H22F2N2O4/c1-30-20-13-16(17(26)14-21(20)31-2)23(29)27-10-7-24(8-11-27)22-4-3-9-28(22)18-6-5-15(25)12-19(18)32-24/h3-6,9,12-14H,7-8,10-11H2,1-2H3. The molecule has 3 heterocycles. The molecule has 0 radical (unpaired) electrons. The summed E-state index contributed by atoms with van der Waals surface area (Å²) in [5.41, 5.74) is 0.986. The molecule has 1 spiro atoms. The van der Waals surface area contributed by atoms with E-state index in [1.165, 1.54) is 32.4 Å². The maximum atomic E-state index is 14.6. The number of benzene rings is 2. The van der Waals surface area contributed by atoms with E-state index in [1.54, 1.807) is 11.0 Å². The van der Waals surface area contributed by atoms with Crippen LogP contribution in [0.2, 0.25) is 0 Å². The zero-order valence-electron chi connectivity index (χ0n) is 17.7. The second-order valence-corrected chi connectivity index (χ2v) is 7.95. The number of aromatic nitrogens is 1. The molecule has 5 rings (SSSR count). The molecule has 2 aromatic carbocycles. The first-order chi connectivity index (χ1) is 15.5. The molecule has 1 amide bonds. The summed E-state index contributed by atoms with van der Waals surface area (Å²) in [5, 5.41) is 0. The minimum Gasteiger partial charge on any atom is -0.493 e. The van der Waals surface area contributed by atoms with Crippen molar-refractivity contribution in [1.29, 1.82) is 0 Å². The van der Waals surface area contributed by atoms with E-state index in [0.29, 0.717) is 31.7 Å². The normalized spacial score (nSPS) is 16.2. The lowest BCUT2D eigenvalue weighted by molar-refractivity contribution is -0.00961. The van der Waals surface area contributed by atoms with E-state index in [0.717, 1.165) is 17.4 Å². The van der Waals surface area contributed by atoms with Gasteiger partial charge >= 0.3 is 0 Å². The summed E-state index contributed by atoms with van der Waals surface area (Å²) in [6.07, 6.45) is 2.91. The highest BCUT2D eigenvalue weighted by molar-refractivity contribution is 5.95. The number of methoxy groups -OCH3 is 2. The van der Waals surface area contributed by atoms with Crippen LogP contribution in [0, 0.1) is 11.6 Å². The number of likely N-dealkylation sites (tertiary alicyclic amines) is 1. The van der Waals surface area contributed by atoms with Crippen LogP contribution in [0.15, 0.2) is 48.7 Å². The van der Waals surface area contributed by atoms with Gasteiger partial charge in [0.25, 0.3) is 5.91 Å². The van der Waals surface area contributed by atoms with E-state index in [4.69, 9.17) is 14.2 Å². The highest BCUT2D eigenvalue weighted by atomic mass is 19.1. The fraction of sp³-hybridized carbons (Fsp3) is 0.292. The average Bonchev–Trinajstić information content (AvgIpc) is 3.30. The number of carbonyl (C=O) groups excluding carboxylic acids is 1. The Bertz CT molecular complexity index is 1200. The van der Waals surface area contributed by atoms with Crippen LogP contribution in [0.3, 0.4) is 0 Å². The highest BCUT2D eigenvalue weighted by Crippen LogP contribution is 2.45. The van der Waals surface area contributed by atoms with Crippen molar-refractivity contribution in [3.8, 4) is 22.9 Å². The van der Waals surface area contributed by atoms with Crippen molar-refractivity contribution in [2.24, 2.45) is 0 Å². The van der Waals surface area contributed by atoms with Crippen molar-refractivity contribution in [1.82, 2.24) is 9.47 Å². The molecule has 1 aromatic heterocycles. The summed E-state index contributed by atoms with van der Waals surface area (Å²) in [6, 6.07) is 10.9. The van der Waals surface area contributed by atoms with Crippen LogP contribution >= 0.6 is 0 Å². The van der Waals surface area contributed by atoms with Crippen LogP contribution in [-0.4, -0.2) is 42.7 Å². The number of hydrogen-bond acceptors (Lipinski definition) is 4. The third kappa shape index (κ3) is 3.09. The van der Waals surface area contributed by atoms with Crippen LogP contribution in [-0.2, 0) is 5.60 Å². The summed E-state index contributed by atoms with van der Waals surface area (Å²) in [5.74, 6) is -0.472. The average molecular weight is 440 g/mol. The van der Waals surface area contributed by atoms with Gasteiger partial charge in [0.2, 0.25) is 0 Å². The van der Waals surface area contributed by atoms with Gasteiger partial charge < -0.3 is 23.7 Å². The third-order valence-corrected chi connectivity index (χ3v) is 6.26. The quantitative estimate of drug-likeness (QED) is 0.610. The van der Waals surface area contributed by atoms with Gasteiger partial charge in [0.1, 0.15) is 17.4 Å². The topological polar surface area (TPSA) is 52.9 Å². The first-order valence-corrected chi connectivity index (χ1v) is 10.3. The predicted octanol–water partition coefficient (Wildman–Crippen LogP) is 4.30. The second-order valence-electron chi connectivity index (χ2n) is 7.95. The molecule has 8 heteroatoms. The molecule has 2 aliphatic heterocycles. The number of amides is 1. The molecule has 0 saturated carbocycles. The summed E-state index contributed by atoms with van der Waals surface area (Å²) < 4.78 is 47.1. The van der Waals surface area contributed by atoms with Gasteiger partial charge in [0.15, 0.2) is 17.1 Å². The Kier molecular flexibility index (Phi) is 4.80. The number of halogens is 2. The maximum Gasteiger partial charge on any atom is 0.256 e. The number of hydrogen-bond donors (Lipinski definition) is 0. The van der Waals surface area contributed by atoms with Gasteiger partial charge in [-0.1, -0.05) is 0 Å². The smallest absolute Gasteiger partial charge is 0.256 e. The Labute approximate surface area is 183 Å². The molecule has 0 bridgehead atoms. The van der Waals surface area contributed by atoms with E-state index < -0.39 is 17.3 Å². The lowest BCUT2D eigenvalue weighted by atomic mass is 9.86. The molecular formula is C24H22F2N2O4. The Hall–Kier alpha value is -3.55. The fourth-order valence-corrected chi connectivity index (χ4v) is 4.61. The lowest BCUT2D eigenvalue weighted by Gasteiger charge is -2.45. The van der Waals surface area contributed by atoms with Crippen LogP contribution in [0.25, 0.3) is 5.69 Å². The molecule has 0 unspecified atom stereocenters. The summed E-state index contributed by atoms with van der Waals surface area (Å²) >= 11 is 0. The van der Waals surface area contributed by atoms with Gasteiger partial charge in [-0.05, 0) is 30.3 Å². The van der Waals surface area contributed by atoms with Gasteiger partial charge in [-0.3, -0.25) is 4.79 Å². The first kappa shape index (κ1) is 20.4. The van der Waals surface area contributed by atoms with Crippen LogP contribution in [0.4, 0.5) is 8.78 Å². The number of fused-ring (bicyclic) bond motifs is 4. The van der Waals surface area contributed by atoms with E-state index in [-0.39, 0.29) is 22.9 Å². The SMILES string of the molecule is COc1cc(F)c(C(=O)N2CCC3(CC2)Oc2cc(F)ccc2-n2cccc23)cc1OC. The minimum atomic E-state index is -0.683. The van der Waals surface area contributed by atoms with E-state index in [9.17, 15) is 13.6 Å². The number of nitrogens with zero attached hydrogens (tertiary/aromatic N) is 2. The van der Waals surface area contributed by atoms with Crippen LogP contribution < -0.4 is 14.2 Å². The van der Waals surface area contributed by atoms with Crippen LogP contribution in [0.5, 0.6) is 17.2 Å². The first-order valence-electron chi connectivity index (χ1n) is 10.3. The number of rotatable bonds is 3. The molecule has 3 aromatic rings. The van der Waals surface area contributed by atoms with Crippen molar-refractivity contribution >= 4 is 5.91 Å².